The highest BCUT2D eigenvalue weighted by molar-refractivity contribution is 5.97. The highest BCUT2D eigenvalue weighted by Gasteiger charge is 2.18. The molecule has 0 unspecified atom stereocenters. The minimum atomic E-state index is -0.367. The maximum atomic E-state index is 12.6. The molecule has 134 valence electrons. The van der Waals surface area contributed by atoms with Crippen LogP contribution in [0.3, 0.4) is 0 Å². The number of hydrogen-bond donors (Lipinski definition) is 2. The molecule has 3 amide bonds. The molecular weight excluding hydrogens is 324 g/mol. The number of ether oxygens (including phenoxy) is 1. The van der Waals surface area contributed by atoms with Crippen LogP contribution < -0.4 is 15.4 Å². The molecule has 1 aromatic carbocycles. The number of nitrogens with one attached hydrogen (secondary N) is 2. The summed E-state index contributed by atoms with van der Waals surface area (Å²) in [4.78, 5) is 26.1. The third-order valence-corrected chi connectivity index (χ3v) is 3.46. The van der Waals surface area contributed by atoms with Gasteiger partial charge in [-0.25, -0.2) is 4.79 Å². The lowest BCUT2D eigenvalue weighted by Crippen LogP contribution is -2.41. The Bertz CT molecular complexity index is 688. The Balaban J connectivity index is 2.02. The van der Waals surface area contributed by atoms with Crippen LogP contribution in [0.4, 0.5) is 16.3 Å². The number of para-hydroxylation sites is 2. The zero-order chi connectivity index (χ0) is 18.1. The zero-order valence-corrected chi connectivity index (χ0v) is 14.3. The number of benzene rings is 1. The van der Waals surface area contributed by atoms with Crippen molar-refractivity contribution in [3.05, 3.63) is 36.6 Å². The number of anilines is 2. The number of nitrogens with zero attached hydrogens (tertiary/aromatic N) is 2. The third kappa shape index (κ3) is 5.52. The van der Waals surface area contributed by atoms with Gasteiger partial charge < -0.3 is 24.8 Å². The molecule has 8 heteroatoms. The van der Waals surface area contributed by atoms with Crippen molar-refractivity contribution in [2.24, 2.45) is 0 Å². The fourth-order valence-corrected chi connectivity index (χ4v) is 2.18. The summed E-state index contributed by atoms with van der Waals surface area (Å²) in [7, 11) is 1.53. The standard InChI is InChI=1S/C17H22N4O4/c1-3-4-10-21(12-16(22)19-15-9-11-25-20-15)17(23)18-13-7-5-6-8-14(13)24-2/h5-9,11H,3-4,10,12H2,1-2H3,(H,18,23)(H,19,20,22). The number of carbonyl (C=O) groups excluding carboxylic acids is 2. The number of hydrogen-bond acceptors (Lipinski definition) is 5. The quantitative estimate of drug-likeness (QED) is 0.766. The van der Waals surface area contributed by atoms with E-state index < -0.39 is 0 Å². The molecule has 0 bridgehead atoms. The molecule has 0 saturated heterocycles. The van der Waals surface area contributed by atoms with Gasteiger partial charge in [-0.15, -0.1) is 0 Å². The van der Waals surface area contributed by atoms with Crippen LogP contribution in [-0.2, 0) is 4.79 Å². The van der Waals surface area contributed by atoms with Gasteiger partial charge in [-0.1, -0.05) is 30.6 Å². The number of amides is 3. The van der Waals surface area contributed by atoms with E-state index in [1.165, 1.54) is 24.3 Å². The topological polar surface area (TPSA) is 96.7 Å². The molecule has 25 heavy (non-hydrogen) atoms. The van der Waals surface area contributed by atoms with Crippen LogP contribution in [0.2, 0.25) is 0 Å². The molecule has 0 aliphatic carbocycles. The third-order valence-electron chi connectivity index (χ3n) is 3.46. The van der Waals surface area contributed by atoms with Crippen LogP contribution in [0.25, 0.3) is 0 Å². The summed E-state index contributed by atoms with van der Waals surface area (Å²) in [5.74, 6) is 0.518. The Morgan fingerprint density at radius 2 is 2.04 bits per heavy atom. The van der Waals surface area contributed by atoms with Gasteiger partial charge in [0.05, 0.1) is 12.8 Å². The van der Waals surface area contributed by atoms with E-state index in [4.69, 9.17) is 4.74 Å². The second kappa shape index (κ2) is 9.31. The molecule has 0 spiro atoms. The molecule has 8 nitrogen and oxygen atoms in total. The molecule has 0 aliphatic heterocycles. The molecule has 0 saturated carbocycles. The maximum absolute atomic E-state index is 12.6. The van der Waals surface area contributed by atoms with E-state index in [9.17, 15) is 9.59 Å². The Hall–Kier alpha value is -3.03. The lowest BCUT2D eigenvalue weighted by Gasteiger charge is -2.22. The van der Waals surface area contributed by atoms with Gasteiger partial charge in [0.15, 0.2) is 5.82 Å². The molecule has 2 N–H and O–H groups in total. The highest BCUT2D eigenvalue weighted by atomic mass is 16.5. The van der Waals surface area contributed by atoms with Gasteiger partial charge in [-0.2, -0.15) is 0 Å². The minimum Gasteiger partial charge on any atom is -0.495 e. The molecular formula is C17H22N4O4. The molecule has 0 fully saturated rings. The summed E-state index contributed by atoms with van der Waals surface area (Å²) in [5, 5.41) is 8.98. The molecule has 0 aliphatic rings. The van der Waals surface area contributed by atoms with Gasteiger partial charge in [0.2, 0.25) is 5.91 Å². The van der Waals surface area contributed by atoms with Crippen molar-refractivity contribution in [1.82, 2.24) is 10.1 Å². The van der Waals surface area contributed by atoms with E-state index in [2.05, 4.69) is 20.3 Å². The second-order valence-electron chi connectivity index (χ2n) is 5.34. The predicted octanol–water partition coefficient (Wildman–Crippen LogP) is 2.96. The monoisotopic (exact) mass is 346 g/mol. The summed E-state index contributed by atoms with van der Waals surface area (Å²) in [6, 6.07) is 8.27. The van der Waals surface area contributed by atoms with Crippen LogP contribution >= 0.6 is 0 Å². The smallest absolute Gasteiger partial charge is 0.322 e. The maximum Gasteiger partial charge on any atom is 0.322 e. The highest BCUT2D eigenvalue weighted by Crippen LogP contribution is 2.23. The lowest BCUT2D eigenvalue weighted by atomic mass is 10.3. The summed E-state index contributed by atoms with van der Waals surface area (Å²) < 4.78 is 9.89. The molecule has 0 radical (unpaired) electrons. The molecule has 2 aromatic rings. The molecule has 1 aromatic heterocycles. The average molecular weight is 346 g/mol. The van der Waals surface area contributed by atoms with Crippen LogP contribution in [-0.4, -0.2) is 42.2 Å². The zero-order valence-electron chi connectivity index (χ0n) is 14.3. The van der Waals surface area contributed by atoms with Crippen molar-refractivity contribution >= 4 is 23.4 Å². The summed E-state index contributed by atoms with van der Waals surface area (Å²) in [6.07, 6.45) is 3.05. The first-order valence-electron chi connectivity index (χ1n) is 8.03. The molecule has 2 rings (SSSR count). The Morgan fingerprint density at radius 1 is 1.24 bits per heavy atom. The van der Waals surface area contributed by atoms with Crippen LogP contribution in [0, 0.1) is 0 Å². The summed E-state index contributed by atoms with van der Waals surface area (Å²) in [6.45, 7) is 2.39. The van der Waals surface area contributed by atoms with Crippen LogP contribution in [0.1, 0.15) is 19.8 Å². The first-order chi connectivity index (χ1) is 12.1. The van der Waals surface area contributed by atoms with Crippen molar-refractivity contribution in [2.45, 2.75) is 19.8 Å². The van der Waals surface area contributed by atoms with Crippen molar-refractivity contribution in [3.8, 4) is 5.75 Å². The Kier molecular flexibility index (Phi) is 6.82. The van der Waals surface area contributed by atoms with E-state index in [1.54, 1.807) is 18.2 Å². The van der Waals surface area contributed by atoms with Crippen molar-refractivity contribution < 1.29 is 18.8 Å². The predicted molar refractivity (Wildman–Crippen MR) is 93.6 cm³/mol. The molecule has 0 atom stereocenters. The number of urea groups is 1. The fraction of sp³-hybridized carbons (Fsp3) is 0.353. The van der Waals surface area contributed by atoms with Crippen LogP contribution in [0.5, 0.6) is 5.75 Å². The number of carbonyl (C=O) groups is 2. The van der Waals surface area contributed by atoms with E-state index >= 15 is 0 Å². The van der Waals surface area contributed by atoms with E-state index in [0.717, 1.165) is 12.8 Å². The van der Waals surface area contributed by atoms with Gasteiger partial charge >= 0.3 is 6.03 Å². The van der Waals surface area contributed by atoms with E-state index in [-0.39, 0.29) is 18.5 Å². The Morgan fingerprint density at radius 3 is 2.72 bits per heavy atom. The van der Waals surface area contributed by atoms with E-state index in [0.29, 0.717) is 23.8 Å². The Labute approximate surface area is 146 Å². The van der Waals surface area contributed by atoms with Crippen molar-refractivity contribution in [3.63, 3.8) is 0 Å². The minimum absolute atomic E-state index is 0.0894. The summed E-state index contributed by atoms with van der Waals surface area (Å²) >= 11 is 0. The van der Waals surface area contributed by atoms with Gasteiger partial charge in [-0.05, 0) is 18.6 Å². The van der Waals surface area contributed by atoms with Crippen molar-refractivity contribution in [1.29, 1.82) is 0 Å². The van der Waals surface area contributed by atoms with E-state index in [1.807, 2.05) is 13.0 Å². The lowest BCUT2D eigenvalue weighted by molar-refractivity contribution is -0.116. The van der Waals surface area contributed by atoms with Crippen molar-refractivity contribution in [2.75, 3.05) is 30.8 Å². The molecule has 1 heterocycles. The van der Waals surface area contributed by atoms with Crippen LogP contribution in [0.15, 0.2) is 41.1 Å². The number of methoxy groups -OCH3 is 1. The first kappa shape index (κ1) is 18.3. The largest absolute Gasteiger partial charge is 0.495 e. The SMILES string of the molecule is CCCCN(CC(=O)Nc1ccon1)C(=O)Nc1ccccc1OC. The van der Waals surface area contributed by atoms with Gasteiger partial charge in [0, 0.05) is 12.6 Å². The fourth-order valence-electron chi connectivity index (χ4n) is 2.18. The number of unbranched alkanes of at least 4 members (excludes halogenated alkanes) is 1. The summed E-state index contributed by atoms with van der Waals surface area (Å²) in [5.41, 5.74) is 0.549. The number of rotatable bonds is 8. The van der Waals surface area contributed by atoms with Gasteiger partial charge in [0.1, 0.15) is 18.6 Å². The second-order valence-corrected chi connectivity index (χ2v) is 5.34. The van der Waals surface area contributed by atoms with Gasteiger partial charge in [0.25, 0.3) is 0 Å². The first-order valence-corrected chi connectivity index (χ1v) is 8.03. The number of aromatic nitrogens is 1. The normalized spacial score (nSPS) is 10.2. The average Bonchev–Trinajstić information content (AvgIpc) is 3.11. The van der Waals surface area contributed by atoms with Gasteiger partial charge in [-0.3, -0.25) is 4.79 Å².